The van der Waals surface area contributed by atoms with Crippen molar-refractivity contribution in [2.75, 3.05) is 0 Å². The van der Waals surface area contributed by atoms with Gasteiger partial charge in [0.05, 0.1) is 12.1 Å². The van der Waals surface area contributed by atoms with Crippen LogP contribution in [0, 0.1) is 0 Å². The lowest BCUT2D eigenvalue weighted by molar-refractivity contribution is 0.239. The van der Waals surface area contributed by atoms with E-state index in [9.17, 15) is 0 Å². The lowest BCUT2D eigenvalue weighted by atomic mass is 9.96. The van der Waals surface area contributed by atoms with Crippen LogP contribution in [0.5, 0.6) is 5.75 Å². The van der Waals surface area contributed by atoms with Gasteiger partial charge in [0, 0.05) is 5.56 Å². The van der Waals surface area contributed by atoms with Crippen molar-refractivity contribution in [3.05, 3.63) is 64.7 Å². The van der Waals surface area contributed by atoms with Crippen molar-refractivity contribution in [1.29, 1.82) is 0 Å². The number of ether oxygens (including phenoxy) is 1. The van der Waals surface area contributed by atoms with E-state index < -0.39 is 0 Å². The van der Waals surface area contributed by atoms with Gasteiger partial charge in [-0.3, -0.25) is 0 Å². The number of para-hydroxylation sites is 1. The minimum atomic E-state index is -0.133. The summed E-state index contributed by atoms with van der Waals surface area (Å²) in [7, 11) is 0. The van der Waals surface area contributed by atoms with Crippen molar-refractivity contribution < 1.29 is 4.74 Å². The summed E-state index contributed by atoms with van der Waals surface area (Å²) < 4.78 is 5.90. The summed E-state index contributed by atoms with van der Waals surface area (Å²) in [4.78, 5) is 0. The predicted octanol–water partition coefficient (Wildman–Crippen LogP) is 4.01. The van der Waals surface area contributed by atoms with Crippen molar-refractivity contribution in [2.24, 2.45) is 5.73 Å². The molecule has 1 unspecified atom stereocenters. The molecule has 1 atom stereocenters. The smallest absolute Gasteiger partial charge is 0.124 e. The summed E-state index contributed by atoms with van der Waals surface area (Å²) >= 11 is 0. The van der Waals surface area contributed by atoms with Crippen LogP contribution in [-0.4, -0.2) is 6.10 Å². The van der Waals surface area contributed by atoms with Crippen LogP contribution in [-0.2, 0) is 12.8 Å². The largest absolute Gasteiger partial charge is 0.491 e. The molecule has 110 valence electrons. The average Bonchev–Trinajstić information content (AvgIpc) is 2.94. The highest BCUT2D eigenvalue weighted by Gasteiger charge is 2.17. The maximum atomic E-state index is 6.51. The molecule has 0 amide bonds. The normalized spacial score (nSPS) is 15.0. The Hall–Kier alpha value is -1.80. The molecule has 3 rings (SSSR count). The zero-order valence-corrected chi connectivity index (χ0v) is 12.8. The molecule has 0 radical (unpaired) electrons. The Morgan fingerprint density at radius 1 is 1.00 bits per heavy atom. The van der Waals surface area contributed by atoms with Crippen LogP contribution >= 0.6 is 0 Å². The third-order valence-electron chi connectivity index (χ3n) is 4.10. The SMILES string of the molecule is CC(C)Oc1ccccc1C(N)c1ccc2c(c1)CCC2. The van der Waals surface area contributed by atoms with E-state index in [1.165, 1.54) is 36.0 Å². The van der Waals surface area contributed by atoms with Gasteiger partial charge < -0.3 is 10.5 Å². The molecule has 2 nitrogen and oxygen atoms in total. The second-order valence-corrected chi connectivity index (χ2v) is 6.06. The number of rotatable bonds is 4. The Morgan fingerprint density at radius 2 is 1.76 bits per heavy atom. The van der Waals surface area contributed by atoms with Crippen LogP contribution in [0.4, 0.5) is 0 Å². The van der Waals surface area contributed by atoms with Crippen LogP contribution in [0.15, 0.2) is 42.5 Å². The van der Waals surface area contributed by atoms with E-state index in [2.05, 4.69) is 24.3 Å². The second kappa shape index (κ2) is 5.90. The summed E-state index contributed by atoms with van der Waals surface area (Å²) in [6.07, 6.45) is 3.80. The van der Waals surface area contributed by atoms with Gasteiger partial charge in [-0.05, 0) is 55.9 Å². The highest BCUT2D eigenvalue weighted by molar-refractivity contribution is 5.44. The van der Waals surface area contributed by atoms with E-state index in [1.54, 1.807) is 0 Å². The third kappa shape index (κ3) is 2.96. The summed E-state index contributed by atoms with van der Waals surface area (Å²) in [5.74, 6) is 0.889. The number of hydrogen-bond acceptors (Lipinski definition) is 2. The highest BCUT2D eigenvalue weighted by Crippen LogP contribution is 2.31. The maximum Gasteiger partial charge on any atom is 0.124 e. The Bertz CT molecular complexity index is 633. The van der Waals surface area contributed by atoms with E-state index in [0.29, 0.717) is 0 Å². The maximum absolute atomic E-state index is 6.51. The number of aryl methyl sites for hydroxylation is 2. The molecule has 2 aromatic carbocycles. The zero-order chi connectivity index (χ0) is 14.8. The van der Waals surface area contributed by atoms with Crippen molar-refractivity contribution in [3.63, 3.8) is 0 Å². The molecule has 0 fully saturated rings. The fraction of sp³-hybridized carbons (Fsp3) is 0.368. The first kappa shape index (κ1) is 14.2. The van der Waals surface area contributed by atoms with Crippen LogP contribution in [0.2, 0.25) is 0 Å². The number of nitrogens with two attached hydrogens (primary N) is 1. The van der Waals surface area contributed by atoms with Crippen LogP contribution in [0.25, 0.3) is 0 Å². The van der Waals surface area contributed by atoms with Gasteiger partial charge in [0.1, 0.15) is 5.75 Å². The predicted molar refractivity (Wildman–Crippen MR) is 86.7 cm³/mol. The Balaban J connectivity index is 1.93. The van der Waals surface area contributed by atoms with E-state index in [0.717, 1.165) is 11.3 Å². The highest BCUT2D eigenvalue weighted by atomic mass is 16.5. The summed E-state index contributed by atoms with van der Waals surface area (Å²) in [6, 6.07) is 14.6. The number of benzene rings is 2. The first-order chi connectivity index (χ1) is 10.1. The molecular weight excluding hydrogens is 258 g/mol. The Kier molecular flexibility index (Phi) is 3.98. The van der Waals surface area contributed by atoms with Gasteiger partial charge in [-0.25, -0.2) is 0 Å². The molecule has 2 heteroatoms. The van der Waals surface area contributed by atoms with Gasteiger partial charge in [0.15, 0.2) is 0 Å². The molecular formula is C19H23NO. The van der Waals surface area contributed by atoms with Crippen molar-refractivity contribution in [1.82, 2.24) is 0 Å². The fourth-order valence-corrected chi connectivity index (χ4v) is 3.06. The first-order valence-electron chi connectivity index (χ1n) is 7.78. The molecule has 1 aliphatic rings. The minimum absolute atomic E-state index is 0.133. The molecule has 0 aliphatic heterocycles. The van der Waals surface area contributed by atoms with Gasteiger partial charge in [-0.2, -0.15) is 0 Å². The van der Waals surface area contributed by atoms with Gasteiger partial charge in [-0.15, -0.1) is 0 Å². The Labute approximate surface area is 126 Å². The number of hydrogen-bond donors (Lipinski definition) is 1. The molecule has 0 saturated heterocycles. The Morgan fingerprint density at radius 3 is 2.57 bits per heavy atom. The van der Waals surface area contributed by atoms with Crippen molar-refractivity contribution in [2.45, 2.75) is 45.3 Å². The second-order valence-electron chi connectivity index (χ2n) is 6.06. The zero-order valence-electron chi connectivity index (χ0n) is 12.8. The number of fused-ring (bicyclic) bond motifs is 1. The lowest BCUT2D eigenvalue weighted by Crippen LogP contribution is -2.15. The van der Waals surface area contributed by atoms with Crippen LogP contribution in [0.3, 0.4) is 0 Å². The van der Waals surface area contributed by atoms with Gasteiger partial charge in [0.2, 0.25) is 0 Å². The third-order valence-corrected chi connectivity index (χ3v) is 4.10. The summed E-state index contributed by atoms with van der Waals surface area (Å²) in [5, 5.41) is 0. The molecule has 0 heterocycles. The van der Waals surface area contributed by atoms with E-state index >= 15 is 0 Å². The molecule has 0 saturated carbocycles. The van der Waals surface area contributed by atoms with Gasteiger partial charge in [0.25, 0.3) is 0 Å². The van der Waals surface area contributed by atoms with E-state index in [-0.39, 0.29) is 12.1 Å². The molecule has 0 spiro atoms. The van der Waals surface area contributed by atoms with E-state index in [1.807, 2.05) is 32.0 Å². The van der Waals surface area contributed by atoms with Gasteiger partial charge in [-0.1, -0.05) is 36.4 Å². The van der Waals surface area contributed by atoms with Crippen LogP contribution in [0.1, 0.15) is 48.6 Å². The summed E-state index contributed by atoms with van der Waals surface area (Å²) in [6.45, 7) is 4.08. The quantitative estimate of drug-likeness (QED) is 0.919. The molecule has 0 aromatic heterocycles. The molecule has 21 heavy (non-hydrogen) atoms. The minimum Gasteiger partial charge on any atom is -0.491 e. The fourth-order valence-electron chi connectivity index (χ4n) is 3.06. The standard InChI is InChI=1S/C19H23NO/c1-13(2)21-18-9-4-3-8-17(18)19(20)16-11-10-14-6-5-7-15(14)12-16/h3-4,8-13,19H,5-7,20H2,1-2H3. The van der Waals surface area contributed by atoms with E-state index in [4.69, 9.17) is 10.5 Å². The summed E-state index contributed by atoms with van der Waals surface area (Å²) in [5.41, 5.74) is 11.7. The van der Waals surface area contributed by atoms with Crippen molar-refractivity contribution >= 4 is 0 Å². The van der Waals surface area contributed by atoms with Crippen molar-refractivity contribution in [3.8, 4) is 5.75 Å². The van der Waals surface area contributed by atoms with Crippen LogP contribution < -0.4 is 10.5 Å². The molecule has 2 aromatic rings. The average molecular weight is 281 g/mol. The molecule has 0 bridgehead atoms. The molecule has 1 aliphatic carbocycles. The monoisotopic (exact) mass is 281 g/mol. The molecule has 2 N–H and O–H groups in total. The lowest BCUT2D eigenvalue weighted by Gasteiger charge is -2.19. The topological polar surface area (TPSA) is 35.2 Å². The first-order valence-corrected chi connectivity index (χ1v) is 7.78. The van der Waals surface area contributed by atoms with Gasteiger partial charge >= 0.3 is 0 Å².